The van der Waals surface area contributed by atoms with Crippen LogP contribution in [0.3, 0.4) is 0 Å². The van der Waals surface area contributed by atoms with Crippen LogP contribution in [-0.4, -0.2) is 76.6 Å². The Balaban J connectivity index is 1.43. The van der Waals surface area contributed by atoms with Crippen LogP contribution in [0.1, 0.15) is 42.7 Å². The molecule has 0 bridgehead atoms. The van der Waals surface area contributed by atoms with Crippen LogP contribution in [0.15, 0.2) is 78.4 Å². The number of amides is 4. The molecule has 0 spiro atoms. The van der Waals surface area contributed by atoms with Crippen molar-refractivity contribution in [1.82, 2.24) is 9.91 Å². The molecule has 1 saturated carbocycles. The van der Waals surface area contributed by atoms with E-state index in [-0.39, 0.29) is 62.1 Å². The van der Waals surface area contributed by atoms with Gasteiger partial charge in [0, 0.05) is 29.5 Å². The van der Waals surface area contributed by atoms with Crippen molar-refractivity contribution in [1.29, 1.82) is 0 Å². The number of likely N-dealkylation sites (tertiary alicyclic amines) is 1. The molecule has 0 unspecified atom stereocenters. The van der Waals surface area contributed by atoms with Gasteiger partial charge >= 0.3 is 5.97 Å². The van der Waals surface area contributed by atoms with Crippen LogP contribution in [0, 0.1) is 23.7 Å². The average Bonchev–Trinajstić information content (AvgIpc) is 3.52. The number of para-hydroxylation sites is 1. The number of allylic oxidation sites excluding steroid dienone is 2. The monoisotopic (exact) mass is 761 g/mol. The van der Waals surface area contributed by atoms with E-state index in [1.165, 1.54) is 13.2 Å². The molecule has 2 aliphatic heterocycles. The largest absolute Gasteiger partial charge is 0.497 e. The standard InChI is InChI=1S/C39H37Cl2N3O9/c1-52-23-11-8-21(9-12-23)39-28(36(49)44(38(39)51)42-30-15-10-22(40)19-29(30)41)20-27-24(34(39)25-5-2-3-6-31(25)53-18-17-45)13-14-26-33(27)37(50)43(35(26)48)16-4-7-32(46)47/h2-3,5-6,8-13,15,19,26-28,33-34,42,45H,4,7,14,16-18,20H2,1H3,(H,46,47)/t26-,27+,28-,33-,34+,39+/m0/s1. The number of hydrogen-bond acceptors (Lipinski definition) is 9. The van der Waals surface area contributed by atoms with E-state index in [2.05, 4.69) is 5.43 Å². The van der Waals surface area contributed by atoms with E-state index >= 15 is 4.79 Å². The van der Waals surface area contributed by atoms with E-state index in [1.807, 2.05) is 12.1 Å². The number of rotatable bonds is 12. The summed E-state index contributed by atoms with van der Waals surface area (Å²) >= 11 is 12.7. The number of aliphatic carboxylic acids is 1. The second kappa shape index (κ2) is 14.5. The maximum absolute atomic E-state index is 15.4. The molecule has 12 nitrogen and oxygen atoms in total. The van der Waals surface area contributed by atoms with Crippen LogP contribution < -0.4 is 14.9 Å². The van der Waals surface area contributed by atoms with E-state index in [0.29, 0.717) is 27.6 Å². The molecule has 6 atom stereocenters. The van der Waals surface area contributed by atoms with E-state index in [9.17, 15) is 29.4 Å². The molecule has 53 heavy (non-hydrogen) atoms. The fourth-order valence-corrected chi connectivity index (χ4v) is 9.32. The van der Waals surface area contributed by atoms with Crippen molar-refractivity contribution in [3.63, 3.8) is 0 Å². The van der Waals surface area contributed by atoms with Crippen LogP contribution in [0.4, 0.5) is 5.69 Å². The summed E-state index contributed by atoms with van der Waals surface area (Å²) in [7, 11) is 1.53. The molecule has 0 aromatic heterocycles. The number of halogens is 2. The molecule has 2 saturated heterocycles. The number of hydrogen-bond donors (Lipinski definition) is 3. The lowest BCUT2D eigenvalue weighted by Gasteiger charge is -2.50. The summed E-state index contributed by atoms with van der Waals surface area (Å²) in [5.41, 5.74) is 3.48. The number of imide groups is 2. The predicted octanol–water partition coefficient (Wildman–Crippen LogP) is 5.22. The Labute approximate surface area is 315 Å². The molecule has 4 aliphatic rings. The number of carbonyl (C=O) groups excluding carboxylic acids is 4. The van der Waals surface area contributed by atoms with Gasteiger partial charge in [0.1, 0.15) is 18.1 Å². The third-order valence-corrected chi connectivity index (χ3v) is 11.6. The van der Waals surface area contributed by atoms with Crippen LogP contribution in [-0.2, 0) is 29.4 Å². The average molecular weight is 763 g/mol. The minimum absolute atomic E-state index is 0.0313. The highest BCUT2D eigenvalue weighted by atomic mass is 35.5. The minimum Gasteiger partial charge on any atom is -0.497 e. The van der Waals surface area contributed by atoms with Crippen molar-refractivity contribution >= 4 is 58.5 Å². The Morgan fingerprint density at radius 3 is 2.43 bits per heavy atom. The van der Waals surface area contributed by atoms with Gasteiger partial charge in [0.2, 0.25) is 11.8 Å². The van der Waals surface area contributed by atoms with Gasteiger partial charge in [-0.1, -0.05) is 65.2 Å². The zero-order chi connectivity index (χ0) is 37.6. The number of nitrogens with one attached hydrogen (secondary N) is 1. The summed E-state index contributed by atoms with van der Waals surface area (Å²) in [5, 5.41) is 20.5. The van der Waals surface area contributed by atoms with Crippen molar-refractivity contribution < 1.29 is 43.7 Å². The molecule has 276 valence electrons. The number of nitrogens with zero attached hydrogens (tertiary/aromatic N) is 2. The highest BCUT2D eigenvalue weighted by Crippen LogP contribution is 2.65. The Morgan fingerprint density at radius 1 is 0.981 bits per heavy atom. The first-order chi connectivity index (χ1) is 25.5. The van der Waals surface area contributed by atoms with Gasteiger partial charge in [-0.2, -0.15) is 5.01 Å². The lowest BCUT2D eigenvalue weighted by molar-refractivity contribution is -0.142. The molecule has 2 heterocycles. The first kappa shape index (κ1) is 36.4. The Bertz CT molecular complexity index is 2020. The summed E-state index contributed by atoms with van der Waals surface area (Å²) < 4.78 is 11.5. The molecular formula is C39H37Cl2N3O9. The molecule has 3 aromatic rings. The highest BCUT2D eigenvalue weighted by molar-refractivity contribution is 6.36. The molecule has 14 heteroatoms. The third-order valence-electron chi connectivity index (χ3n) is 11.0. The number of aliphatic hydroxyl groups excluding tert-OH is 1. The van der Waals surface area contributed by atoms with Gasteiger partial charge in [0.15, 0.2) is 0 Å². The first-order valence-corrected chi connectivity index (χ1v) is 18.1. The van der Waals surface area contributed by atoms with E-state index < -0.39 is 58.7 Å². The number of benzene rings is 3. The van der Waals surface area contributed by atoms with Gasteiger partial charge in [-0.25, -0.2) is 0 Å². The van der Waals surface area contributed by atoms with Crippen molar-refractivity contribution in [3.8, 4) is 11.5 Å². The van der Waals surface area contributed by atoms with Crippen molar-refractivity contribution in [3.05, 3.63) is 99.6 Å². The molecule has 3 fully saturated rings. The predicted molar refractivity (Wildman–Crippen MR) is 193 cm³/mol. The summed E-state index contributed by atoms with van der Waals surface area (Å²) in [6.07, 6.45) is 2.11. The second-order valence-corrected chi connectivity index (χ2v) is 14.5. The molecule has 3 N–H and O–H groups in total. The van der Waals surface area contributed by atoms with Crippen molar-refractivity contribution in [2.45, 2.75) is 37.0 Å². The number of aliphatic hydroxyl groups is 1. The lowest BCUT2D eigenvalue weighted by Crippen LogP contribution is -2.53. The third kappa shape index (κ3) is 6.02. The van der Waals surface area contributed by atoms with Crippen molar-refractivity contribution in [2.75, 3.05) is 32.3 Å². The fourth-order valence-electron chi connectivity index (χ4n) is 8.87. The van der Waals surface area contributed by atoms with Gasteiger partial charge in [0.25, 0.3) is 11.8 Å². The van der Waals surface area contributed by atoms with Gasteiger partial charge < -0.3 is 19.7 Å². The molecule has 3 aromatic carbocycles. The topological polar surface area (TPSA) is 163 Å². The number of carboxylic acids is 1. The number of carbonyl (C=O) groups is 5. The zero-order valence-electron chi connectivity index (χ0n) is 28.7. The van der Waals surface area contributed by atoms with Gasteiger partial charge in [-0.05, 0) is 67.1 Å². The number of methoxy groups -OCH3 is 1. The van der Waals surface area contributed by atoms with Gasteiger partial charge in [-0.3, -0.25) is 34.3 Å². The number of carboxylic acid groups (broad SMARTS) is 1. The number of ether oxygens (including phenoxy) is 2. The lowest BCUT2D eigenvalue weighted by atomic mass is 9.49. The Hall–Kier alpha value is -4.91. The smallest absolute Gasteiger partial charge is 0.303 e. The van der Waals surface area contributed by atoms with Gasteiger partial charge in [-0.15, -0.1) is 0 Å². The second-order valence-electron chi connectivity index (χ2n) is 13.6. The molecule has 0 radical (unpaired) electrons. The van der Waals surface area contributed by atoms with Crippen LogP contribution >= 0.6 is 23.2 Å². The quantitative estimate of drug-likeness (QED) is 0.165. The summed E-state index contributed by atoms with van der Waals surface area (Å²) in [4.78, 5) is 70.7. The highest BCUT2D eigenvalue weighted by Gasteiger charge is 2.70. The summed E-state index contributed by atoms with van der Waals surface area (Å²) in [6, 6.07) is 18.7. The maximum Gasteiger partial charge on any atom is 0.303 e. The summed E-state index contributed by atoms with van der Waals surface area (Å²) in [5.74, 6) is -6.07. The van der Waals surface area contributed by atoms with Crippen molar-refractivity contribution in [2.24, 2.45) is 23.7 Å². The van der Waals surface area contributed by atoms with Crippen LogP contribution in [0.2, 0.25) is 10.0 Å². The van der Waals surface area contributed by atoms with Crippen LogP contribution in [0.25, 0.3) is 0 Å². The number of anilines is 1. The fraction of sp³-hybridized carbons (Fsp3) is 0.359. The molecule has 7 rings (SSSR count). The van der Waals surface area contributed by atoms with E-state index in [4.69, 9.17) is 32.7 Å². The zero-order valence-corrected chi connectivity index (χ0v) is 30.2. The van der Waals surface area contributed by atoms with E-state index in [0.717, 1.165) is 15.5 Å². The molecule has 2 aliphatic carbocycles. The maximum atomic E-state index is 15.4. The molecular weight excluding hydrogens is 725 g/mol. The van der Waals surface area contributed by atoms with Crippen LogP contribution in [0.5, 0.6) is 11.5 Å². The Kier molecular flexibility index (Phi) is 9.96. The number of fused-ring (bicyclic) bond motifs is 4. The Morgan fingerprint density at radius 2 is 1.74 bits per heavy atom. The normalized spacial score (nSPS) is 26.2. The summed E-state index contributed by atoms with van der Waals surface area (Å²) in [6.45, 7) is -0.341. The molecule has 4 amide bonds. The minimum atomic E-state index is -1.59. The van der Waals surface area contributed by atoms with E-state index in [1.54, 1.807) is 54.6 Å². The number of hydrazine groups is 1. The van der Waals surface area contributed by atoms with Gasteiger partial charge in [0.05, 0.1) is 47.6 Å². The SMILES string of the molecule is COc1ccc([C@@]23C(=O)N(Nc4ccc(Cl)cc4Cl)C(=O)[C@@H]2C[C@@H]2C(=CC[C@@H]4C(=O)N(CCCC(=O)O)C(=O)[C@@H]42)[C@@H]3c2ccccc2OCCO)cc1. The first-order valence-electron chi connectivity index (χ1n) is 17.4.